The van der Waals surface area contributed by atoms with E-state index in [-0.39, 0.29) is 22.7 Å². The number of nitrogens with zero attached hydrogens (tertiary/aromatic N) is 3. The number of carbonyl (C=O) groups is 1. The molecule has 1 unspecified atom stereocenters. The fourth-order valence-electron chi connectivity index (χ4n) is 1.54. The number of hydrogen-bond acceptors (Lipinski definition) is 5. The maximum Gasteiger partial charge on any atom is 0.233 e. The van der Waals surface area contributed by atoms with Crippen LogP contribution in [0.2, 0.25) is 0 Å². The fraction of sp³-hybridized carbons (Fsp3) is 0.750. The van der Waals surface area contributed by atoms with Gasteiger partial charge in [-0.3, -0.25) is 9.36 Å². The monoisotopic (exact) mass is 285 g/mol. The van der Waals surface area contributed by atoms with Gasteiger partial charge in [-0.25, -0.2) is 0 Å². The lowest BCUT2D eigenvalue weighted by Gasteiger charge is -2.23. The minimum atomic E-state index is -0.250. The van der Waals surface area contributed by atoms with E-state index in [2.05, 4.69) is 15.5 Å². The van der Waals surface area contributed by atoms with Crippen LogP contribution < -0.4 is 11.1 Å². The van der Waals surface area contributed by atoms with E-state index < -0.39 is 0 Å². The summed E-state index contributed by atoms with van der Waals surface area (Å²) in [5.41, 5.74) is 5.53. The predicted molar refractivity (Wildman–Crippen MR) is 78.0 cm³/mol. The van der Waals surface area contributed by atoms with E-state index in [1.807, 2.05) is 46.1 Å². The molecule has 0 aliphatic rings. The van der Waals surface area contributed by atoms with Gasteiger partial charge in [0.2, 0.25) is 11.9 Å². The van der Waals surface area contributed by atoms with Gasteiger partial charge in [0, 0.05) is 11.6 Å². The first-order valence-corrected chi connectivity index (χ1v) is 7.19. The first-order chi connectivity index (χ1) is 8.61. The van der Waals surface area contributed by atoms with E-state index in [1.54, 1.807) is 0 Å². The maximum absolute atomic E-state index is 12.0. The molecule has 0 bridgehead atoms. The summed E-state index contributed by atoms with van der Waals surface area (Å²) in [6.45, 7) is 11.7. The van der Waals surface area contributed by atoms with Gasteiger partial charge in [-0.15, -0.1) is 10.2 Å². The van der Waals surface area contributed by atoms with Crippen LogP contribution in [0.25, 0.3) is 0 Å². The van der Waals surface area contributed by atoms with Crippen molar-refractivity contribution in [1.82, 2.24) is 20.1 Å². The minimum Gasteiger partial charge on any atom is -0.368 e. The van der Waals surface area contributed by atoms with Crippen LogP contribution in [-0.2, 0) is 4.79 Å². The Labute approximate surface area is 118 Å². The highest BCUT2D eigenvalue weighted by Gasteiger charge is 2.23. The number of hydrogen-bond donors (Lipinski definition) is 2. The summed E-state index contributed by atoms with van der Waals surface area (Å²) in [5.74, 6) is 0.357. The molecule has 0 aliphatic heterocycles. The molecule has 0 fully saturated rings. The Morgan fingerprint density at radius 3 is 2.37 bits per heavy atom. The third kappa shape index (κ3) is 4.41. The van der Waals surface area contributed by atoms with E-state index in [1.165, 1.54) is 11.8 Å². The number of nitrogens with one attached hydrogen (secondary N) is 1. The Morgan fingerprint density at radius 2 is 1.89 bits per heavy atom. The van der Waals surface area contributed by atoms with Gasteiger partial charge in [-0.1, -0.05) is 11.8 Å². The van der Waals surface area contributed by atoms with Gasteiger partial charge in [-0.05, 0) is 41.5 Å². The molecule has 0 aromatic carbocycles. The van der Waals surface area contributed by atoms with Gasteiger partial charge >= 0.3 is 0 Å². The van der Waals surface area contributed by atoms with Gasteiger partial charge < -0.3 is 11.1 Å². The number of amides is 1. The lowest BCUT2D eigenvalue weighted by atomic mass is 10.1. The van der Waals surface area contributed by atoms with Crippen molar-refractivity contribution in [3.05, 3.63) is 0 Å². The molecule has 3 N–H and O–H groups in total. The van der Waals surface area contributed by atoms with Gasteiger partial charge in [0.25, 0.3) is 0 Å². The van der Waals surface area contributed by atoms with E-state index in [0.717, 1.165) is 0 Å². The molecule has 1 amide bonds. The predicted octanol–water partition coefficient (Wildman–Crippen LogP) is 1.84. The average Bonchev–Trinajstić information content (AvgIpc) is 2.57. The molecule has 0 saturated carbocycles. The standard InChI is InChI=1S/C12H23N5OS/c1-7(2)17-10(13)15-16-11(17)19-8(3)9(18)14-12(4,5)6/h7-8H,1-6H3,(H2,13,15)(H,14,18). The van der Waals surface area contributed by atoms with Crippen molar-refractivity contribution >= 4 is 23.6 Å². The van der Waals surface area contributed by atoms with Crippen molar-refractivity contribution in [2.24, 2.45) is 0 Å². The van der Waals surface area contributed by atoms with Crippen molar-refractivity contribution in [1.29, 1.82) is 0 Å². The SMILES string of the molecule is CC(Sc1nnc(N)n1C(C)C)C(=O)NC(C)(C)C. The topological polar surface area (TPSA) is 85.8 Å². The zero-order valence-corrected chi connectivity index (χ0v) is 13.2. The second-order valence-electron chi connectivity index (χ2n) is 5.80. The molecular weight excluding hydrogens is 262 g/mol. The van der Waals surface area contributed by atoms with E-state index in [0.29, 0.717) is 11.1 Å². The highest BCUT2D eigenvalue weighted by Crippen LogP contribution is 2.26. The molecule has 7 heteroatoms. The van der Waals surface area contributed by atoms with Crippen molar-refractivity contribution in [3.8, 4) is 0 Å². The highest BCUT2D eigenvalue weighted by molar-refractivity contribution is 8.00. The van der Waals surface area contributed by atoms with Crippen molar-refractivity contribution < 1.29 is 4.79 Å². The second kappa shape index (κ2) is 5.81. The summed E-state index contributed by atoms with van der Waals surface area (Å²) < 4.78 is 1.82. The van der Waals surface area contributed by atoms with Crippen LogP contribution in [0.15, 0.2) is 5.16 Å². The molecule has 1 rings (SSSR count). The van der Waals surface area contributed by atoms with Crippen molar-refractivity contribution in [2.75, 3.05) is 5.73 Å². The largest absolute Gasteiger partial charge is 0.368 e. The first kappa shape index (κ1) is 15.8. The summed E-state index contributed by atoms with van der Waals surface area (Å²) in [6.07, 6.45) is 0. The molecule has 1 atom stereocenters. The zero-order valence-electron chi connectivity index (χ0n) is 12.4. The molecule has 1 aromatic rings. The number of nitrogen functional groups attached to an aromatic ring is 1. The molecule has 1 heterocycles. The van der Waals surface area contributed by atoms with Gasteiger partial charge in [0.1, 0.15) is 0 Å². The van der Waals surface area contributed by atoms with E-state index >= 15 is 0 Å². The molecule has 0 saturated heterocycles. The smallest absolute Gasteiger partial charge is 0.233 e. The van der Waals surface area contributed by atoms with Crippen LogP contribution >= 0.6 is 11.8 Å². The molecular formula is C12H23N5OS. The molecule has 6 nitrogen and oxygen atoms in total. The number of nitrogens with two attached hydrogens (primary N) is 1. The number of aromatic nitrogens is 3. The zero-order chi connectivity index (χ0) is 14.8. The summed E-state index contributed by atoms with van der Waals surface area (Å²) in [6, 6.07) is 0.162. The summed E-state index contributed by atoms with van der Waals surface area (Å²) in [5, 5.41) is 11.3. The Kier molecular flexibility index (Phi) is 4.84. The lowest BCUT2D eigenvalue weighted by Crippen LogP contribution is -2.44. The molecule has 0 spiro atoms. The minimum absolute atomic E-state index is 0.0191. The molecule has 0 aliphatic carbocycles. The Hall–Kier alpha value is -1.24. The Bertz CT molecular complexity index is 449. The van der Waals surface area contributed by atoms with Crippen LogP contribution in [-0.4, -0.2) is 31.5 Å². The summed E-state index contributed by atoms with van der Waals surface area (Å²) in [7, 11) is 0. The lowest BCUT2D eigenvalue weighted by molar-refractivity contribution is -0.121. The maximum atomic E-state index is 12.0. The van der Waals surface area contributed by atoms with Crippen LogP contribution in [0.3, 0.4) is 0 Å². The normalized spacial score (nSPS) is 13.6. The third-order valence-corrected chi connectivity index (χ3v) is 3.41. The number of carbonyl (C=O) groups excluding carboxylic acids is 1. The molecule has 19 heavy (non-hydrogen) atoms. The number of thioether (sulfide) groups is 1. The van der Waals surface area contributed by atoms with Gasteiger partial charge in [0.15, 0.2) is 5.16 Å². The summed E-state index contributed by atoms with van der Waals surface area (Å²) in [4.78, 5) is 12.0. The van der Waals surface area contributed by atoms with E-state index in [4.69, 9.17) is 5.73 Å². The Balaban J connectivity index is 2.77. The van der Waals surface area contributed by atoms with Crippen LogP contribution in [0, 0.1) is 0 Å². The van der Waals surface area contributed by atoms with Gasteiger partial charge in [-0.2, -0.15) is 0 Å². The first-order valence-electron chi connectivity index (χ1n) is 6.31. The summed E-state index contributed by atoms with van der Waals surface area (Å²) >= 11 is 1.37. The van der Waals surface area contributed by atoms with Gasteiger partial charge in [0.05, 0.1) is 5.25 Å². The van der Waals surface area contributed by atoms with E-state index in [9.17, 15) is 4.79 Å². The van der Waals surface area contributed by atoms with Crippen molar-refractivity contribution in [3.63, 3.8) is 0 Å². The second-order valence-corrected chi connectivity index (χ2v) is 7.11. The van der Waals surface area contributed by atoms with Crippen LogP contribution in [0.1, 0.15) is 47.6 Å². The fourth-order valence-corrected chi connectivity index (χ4v) is 2.53. The average molecular weight is 285 g/mol. The number of anilines is 1. The molecule has 1 aromatic heterocycles. The van der Waals surface area contributed by atoms with Crippen LogP contribution in [0.4, 0.5) is 5.95 Å². The number of rotatable bonds is 4. The third-order valence-electron chi connectivity index (χ3n) is 2.36. The quantitative estimate of drug-likeness (QED) is 0.824. The van der Waals surface area contributed by atoms with Crippen molar-refractivity contribution in [2.45, 2.75) is 63.5 Å². The molecule has 0 radical (unpaired) electrons. The molecule has 108 valence electrons. The highest BCUT2D eigenvalue weighted by atomic mass is 32.2. The Morgan fingerprint density at radius 1 is 1.32 bits per heavy atom. The van der Waals surface area contributed by atoms with Crippen LogP contribution in [0.5, 0.6) is 0 Å².